The Hall–Kier alpha value is -1.67. The molecule has 0 amide bonds. The highest BCUT2D eigenvalue weighted by molar-refractivity contribution is 5.69. The zero-order chi connectivity index (χ0) is 16.3. The Kier molecular flexibility index (Phi) is 9.31. The minimum absolute atomic E-state index is 0.00314. The number of rotatable bonds is 12. The minimum Gasteiger partial charge on any atom is -0.480 e. The van der Waals surface area contributed by atoms with Gasteiger partial charge in [-0.15, -0.1) is 0 Å². The summed E-state index contributed by atoms with van der Waals surface area (Å²) < 4.78 is 9.35. The molecule has 8 heteroatoms. The first-order valence-corrected chi connectivity index (χ1v) is 6.55. The molecule has 0 unspecified atom stereocenters. The molecule has 0 aliphatic rings. The van der Waals surface area contributed by atoms with Crippen LogP contribution in [0.3, 0.4) is 0 Å². The number of carbonyl (C=O) groups excluding carboxylic acids is 2. The van der Waals surface area contributed by atoms with E-state index in [1.807, 2.05) is 25.7 Å². The van der Waals surface area contributed by atoms with E-state index >= 15 is 0 Å². The number of aliphatic carboxylic acids is 1. The Labute approximate surface area is 124 Å². The summed E-state index contributed by atoms with van der Waals surface area (Å²) in [6.07, 6.45) is 0. The quantitative estimate of drug-likeness (QED) is 0.397. The summed E-state index contributed by atoms with van der Waals surface area (Å²) in [6.45, 7) is 8.14. The SMILES string of the molecule is CC(C)(C)CN(CCN(COC=O)CC(=O)O)COC=O. The van der Waals surface area contributed by atoms with Crippen molar-refractivity contribution < 1.29 is 29.0 Å². The summed E-state index contributed by atoms with van der Waals surface area (Å²) in [7, 11) is 0. The van der Waals surface area contributed by atoms with Gasteiger partial charge in [0.15, 0.2) is 0 Å². The van der Waals surface area contributed by atoms with Crippen molar-refractivity contribution >= 4 is 18.9 Å². The third-order valence-corrected chi connectivity index (χ3v) is 2.44. The second-order valence-corrected chi connectivity index (χ2v) is 5.84. The summed E-state index contributed by atoms with van der Waals surface area (Å²) in [5, 5.41) is 8.81. The molecule has 0 aliphatic carbocycles. The standard InChI is InChI=1S/C13H24N2O6/c1-13(2,3)7-15(9-21-11-17)5-4-14(6-12(18)19)8-20-10-16/h10-11H,4-9H2,1-3H3,(H,18,19). The van der Waals surface area contributed by atoms with E-state index in [0.29, 0.717) is 26.1 Å². The van der Waals surface area contributed by atoms with E-state index in [4.69, 9.17) is 9.84 Å². The van der Waals surface area contributed by atoms with Crippen LogP contribution in [-0.4, -0.2) is 73.5 Å². The summed E-state index contributed by atoms with van der Waals surface area (Å²) in [5.41, 5.74) is 0.00314. The average Bonchev–Trinajstić information content (AvgIpc) is 2.36. The largest absolute Gasteiger partial charge is 0.480 e. The van der Waals surface area contributed by atoms with Gasteiger partial charge in [0.05, 0.1) is 6.54 Å². The van der Waals surface area contributed by atoms with Crippen LogP contribution in [0.2, 0.25) is 0 Å². The fourth-order valence-corrected chi connectivity index (χ4v) is 1.80. The number of ether oxygens (including phenoxy) is 2. The van der Waals surface area contributed by atoms with Crippen LogP contribution in [0.4, 0.5) is 0 Å². The molecule has 1 N–H and O–H groups in total. The molecule has 0 spiro atoms. The molecular weight excluding hydrogens is 280 g/mol. The molecule has 0 aromatic rings. The Morgan fingerprint density at radius 2 is 1.52 bits per heavy atom. The zero-order valence-corrected chi connectivity index (χ0v) is 12.8. The Bertz CT molecular complexity index is 329. The molecule has 0 heterocycles. The van der Waals surface area contributed by atoms with Crippen LogP contribution in [-0.2, 0) is 23.9 Å². The average molecular weight is 304 g/mol. The Morgan fingerprint density at radius 1 is 1.05 bits per heavy atom. The van der Waals surface area contributed by atoms with Crippen LogP contribution in [0.1, 0.15) is 20.8 Å². The molecule has 8 nitrogen and oxygen atoms in total. The first kappa shape index (κ1) is 19.3. The maximum absolute atomic E-state index is 10.7. The number of hydrogen-bond donors (Lipinski definition) is 1. The van der Waals surface area contributed by atoms with Gasteiger partial charge in [0, 0.05) is 19.6 Å². The number of carboxylic acids is 1. The lowest BCUT2D eigenvalue weighted by molar-refractivity contribution is -0.143. The number of carbonyl (C=O) groups is 3. The highest BCUT2D eigenvalue weighted by Crippen LogP contribution is 2.14. The number of carboxylic acid groups (broad SMARTS) is 1. The molecule has 0 aromatic heterocycles. The number of nitrogens with zero attached hydrogens (tertiary/aromatic N) is 2. The van der Waals surface area contributed by atoms with Gasteiger partial charge >= 0.3 is 5.97 Å². The van der Waals surface area contributed by atoms with E-state index in [0.717, 1.165) is 0 Å². The lowest BCUT2D eigenvalue weighted by Crippen LogP contribution is -2.42. The van der Waals surface area contributed by atoms with Crippen molar-refractivity contribution in [3.05, 3.63) is 0 Å². The predicted molar refractivity (Wildman–Crippen MR) is 74.3 cm³/mol. The van der Waals surface area contributed by atoms with Gasteiger partial charge < -0.3 is 14.6 Å². The normalized spacial score (nSPS) is 11.5. The minimum atomic E-state index is -1.00. The van der Waals surface area contributed by atoms with E-state index in [9.17, 15) is 14.4 Å². The van der Waals surface area contributed by atoms with Gasteiger partial charge in [-0.3, -0.25) is 24.2 Å². The van der Waals surface area contributed by atoms with Gasteiger partial charge in [-0.25, -0.2) is 0 Å². The molecule has 21 heavy (non-hydrogen) atoms. The van der Waals surface area contributed by atoms with Crippen LogP contribution >= 0.6 is 0 Å². The lowest BCUT2D eigenvalue weighted by Gasteiger charge is -2.30. The fourth-order valence-electron chi connectivity index (χ4n) is 1.80. The van der Waals surface area contributed by atoms with Crippen LogP contribution < -0.4 is 0 Å². The monoisotopic (exact) mass is 304 g/mol. The van der Waals surface area contributed by atoms with Crippen molar-refractivity contribution in [2.75, 3.05) is 39.6 Å². The molecule has 0 saturated heterocycles. The molecule has 122 valence electrons. The summed E-state index contributed by atoms with van der Waals surface area (Å²) >= 11 is 0. The van der Waals surface area contributed by atoms with Crippen molar-refractivity contribution in [2.24, 2.45) is 5.41 Å². The third kappa shape index (κ3) is 11.8. The second-order valence-electron chi connectivity index (χ2n) is 5.84. The highest BCUT2D eigenvalue weighted by atomic mass is 16.5. The molecule has 0 saturated carbocycles. The van der Waals surface area contributed by atoms with Gasteiger partial charge in [0.2, 0.25) is 0 Å². The van der Waals surface area contributed by atoms with Gasteiger partial charge in [-0.2, -0.15) is 0 Å². The smallest absolute Gasteiger partial charge is 0.317 e. The molecule has 0 fully saturated rings. The fraction of sp³-hybridized carbons (Fsp3) is 0.769. The molecule has 0 rings (SSSR count). The lowest BCUT2D eigenvalue weighted by atomic mass is 9.96. The van der Waals surface area contributed by atoms with Crippen LogP contribution in [0.5, 0.6) is 0 Å². The summed E-state index contributed by atoms with van der Waals surface area (Å²) in [4.78, 5) is 34.6. The van der Waals surface area contributed by atoms with Crippen molar-refractivity contribution in [1.82, 2.24) is 9.80 Å². The van der Waals surface area contributed by atoms with E-state index in [1.54, 1.807) is 0 Å². The van der Waals surface area contributed by atoms with Crippen LogP contribution in [0.25, 0.3) is 0 Å². The first-order valence-electron chi connectivity index (χ1n) is 6.55. The first-order chi connectivity index (χ1) is 9.78. The zero-order valence-electron chi connectivity index (χ0n) is 12.8. The van der Waals surface area contributed by atoms with Crippen molar-refractivity contribution in [3.63, 3.8) is 0 Å². The molecule has 0 aromatic carbocycles. The Balaban J connectivity index is 4.45. The van der Waals surface area contributed by atoms with E-state index in [2.05, 4.69) is 4.74 Å². The highest BCUT2D eigenvalue weighted by Gasteiger charge is 2.18. The van der Waals surface area contributed by atoms with Crippen molar-refractivity contribution in [1.29, 1.82) is 0 Å². The van der Waals surface area contributed by atoms with E-state index < -0.39 is 5.97 Å². The third-order valence-electron chi connectivity index (χ3n) is 2.44. The summed E-state index contributed by atoms with van der Waals surface area (Å²) in [5.74, 6) is -1.00. The predicted octanol–water partition coefficient (Wildman–Crippen LogP) is -0.0179. The topological polar surface area (TPSA) is 96.4 Å². The van der Waals surface area contributed by atoms with Crippen LogP contribution in [0.15, 0.2) is 0 Å². The summed E-state index contributed by atoms with van der Waals surface area (Å²) in [6, 6.07) is 0. The molecule has 0 bridgehead atoms. The molecule has 0 atom stereocenters. The number of hydrogen-bond acceptors (Lipinski definition) is 7. The Morgan fingerprint density at radius 3 is 1.95 bits per heavy atom. The second kappa shape index (κ2) is 10.1. The van der Waals surface area contributed by atoms with E-state index in [-0.39, 0.29) is 31.9 Å². The van der Waals surface area contributed by atoms with Crippen molar-refractivity contribution in [3.8, 4) is 0 Å². The van der Waals surface area contributed by atoms with Gasteiger partial charge in [0.25, 0.3) is 12.9 Å². The van der Waals surface area contributed by atoms with E-state index in [1.165, 1.54) is 4.90 Å². The van der Waals surface area contributed by atoms with Gasteiger partial charge in [0.1, 0.15) is 13.5 Å². The van der Waals surface area contributed by atoms with Gasteiger partial charge in [-0.05, 0) is 5.41 Å². The maximum Gasteiger partial charge on any atom is 0.317 e. The molecule has 0 aliphatic heterocycles. The van der Waals surface area contributed by atoms with Crippen molar-refractivity contribution in [2.45, 2.75) is 20.8 Å². The molecular formula is C13H24N2O6. The molecule has 0 radical (unpaired) electrons. The van der Waals surface area contributed by atoms with Gasteiger partial charge in [-0.1, -0.05) is 20.8 Å². The maximum atomic E-state index is 10.7. The van der Waals surface area contributed by atoms with Crippen LogP contribution in [0, 0.1) is 5.41 Å².